The van der Waals surface area contributed by atoms with Gasteiger partial charge in [0.15, 0.2) is 5.69 Å². The Morgan fingerprint density at radius 1 is 1.28 bits per heavy atom. The molecule has 1 saturated heterocycles. The van der Waals surface area contributed by atoms with Crippen molar-refractivity contribution < 1.29 is 4.79 Å². The van der Waals surface area contributed by atoms with E-state index in [1.165, 1.54) is 12.8 Å². The largest absolute Gasteiger partial charge is 0.349 e. The Morgan fingerprint density at radius 2 is 2.00 bits per heavy atom. The van der Waals surface area contributed by atoms with Crippen molar-refractivity contribution in [2.45, 2.75) is 52.5 Å². The second-order valence-corrected chi connectivity index (χ2v) is 8.12. The van der Waals surface area contributed by atoms with Crippen molar-refractivity contribution >= 4 is 11.4 Å². The molecule has 1 aliphatic rings. The highest BCUT2D eigenvalue weighted by atomic mass is 16.1. The number of likely N-dealkylation sites (tertiary alicyclic amines) is 1. The van der Waals surface area contributed by atoms with Gasteiger partial charge in [0, 0.05) is 24.7 Å². The molecule has 0 aliphatic carbocycles. The van der Waals surface area contributed by atoms with Crippen molar-refractivity contribution in [3.05, 3.63) is 35.9 Å². The topological polar surface area (TPSA) is 49.6 Å². The number of nitrogens with zero attached hydrogens (tertiary/aromatic N) is 3. The van der Waals surface area contributed by atoms with Crippen LogP contribution in [-0.4, -0.2) is 45.4 Å². The van der Waals surface area contributed by atoms with Crippen LogP contribution in [0, 0.1) is 5.92 Å². The number of nitrogens with one attached hydrogen (secondary N) is 1. The maximum absolute atomic E-state index is 12.8. The molecule has 0 atom stereocenters. The number of amides is 1. The van der Waals surface area contributed by atoms with Gasteiger partial charge in [-0.05, 0) is 57.8 Å². The molecule has 5 nitrogen and oxygen atoms in total. The SMILES string of the molecule is CC(C)Cc1nc(C(=O)NCC(C)(C)N2CCCC2)c2ccccn12. The van der Waals surface area contributed by atoms with Crippen LogP contribution in [0.3, 0.4) is 0 Å². The standard InChI is InChI=1S/C20H30N4O/c1-15(2)13-17-22-18(16-9-5-6-12-24(16)17)19(25)21-14-20(3,4)23-10-7-8-11-23/h5-6,9,12,15H,7-8,10-11,13-14H2,1-4H3,(H,21,25). The summed E-state index contributed by atoms with van der Waals surface area (Å²) in [6.07, 6.45) is 5.35. The van der Waals surface area contributed by atoms with Gasteiger partial charge in [-0.1, -0.05) is 19.9 Å². The average Bonchev–Trinajstić information content (AvgIpc) is 3.21. The normalized spacial score (nSPS) is 16.0. The Morgan fingerprint density at radius 3 is 2.68 bits per heavy atom. The molecule has 0 bridgehead atoms. The summed E-state index contributed by atoms with van der Waals surface area (Å²) in [5.74, 6) is 1.37. The van der Waals surface area contributed by atoms with Crippen LogP contribution in [-0.2, 0) is 6.42 Å². The first-order valence-electron chi connectivity index (χ1n) is 9.38. The van der Waals surface area contributed by atoms with E-state index in [0.29, 0.717) is 18.2 Å². The van der Waals surface area contributed by atoms with Crippen molar-refractivity contribution in [2.24, 2.45) is 5.92 Å². The van der Waals surface area contributed by atoms with Gasteiger partial charge in [0.25, 0.3) is 5.91 Å². The van der Waals surface area contributed by atoms with Gasteiger partial charge in [0.05, 0.1) is 5.52 Å². The number of pyridine rings is 1. The first-order valence-corrected chi connectivity index (χ1v) is 9.38. The summed E-state index contributed by atoms with van der Waals surface area (Å²) in [6.45, 7) is 11.6. The van der Waals surface area contributed by atoms with E-state index in [9.17, 15) is 4.79 Å². The van der Waals surface area contributed by atoms with Crippen molar-refractivity contribution in [1.29, 1.82) is 0 Å². The monoisotopic (exact) mass is 342 g/mol. The van der Waals surface area contributed by atoms with Crippen LogP contribution in [0.4, 0.5) is 0 Å². The number of hydrogen-bond donors (Lipinski definition) is 1. The second-order valence-electron chi connectivity index (χ2n) is 8.12. The molecule has 1 aliphatic heterocycles. The highest BCUT2D eigenvalue weighted by Crippen LogP contribution is 2.21. The van der Waals surface area contributed by atoms with Crippen LogP contribution < -0.4 is 5.32 Å². The van der Waals surface area contributed by atoms with E-state index in [0.717, 1.165) is 30.9 Å². The fourth-order valence-corrected chi connectivity index (χ4v) is 3.59. The lowest BCUT2D eigenvalue weighted by Crippen LogP contribution is -2.50. The zero-order valence-corrected chi connectivity index (χ0v) is 15.9. The predicted molar refractivity (Wildman–Crippen MR) is 101 cm³/mol. The average molecular weight is 342 g/mol. The number of aromatic nitrogens is 2. The van der Waals surface area contributed by atoms with E-state index >= 15 is 0 Å². The summed E-state index contributed by atoms with van der Waals surface area (Å²) < 4.78 is 2.04. The summed E-state index contributed by atoms with van der Waals surface area (Å²) in [7, 11) is 0. The van der Waals surface area contributed by atoms with Crippen LogP contribution in [0.25, 0.3) is 5.52 Å². The maximum Gasteiger partial charge on any atom is 0.272 e. The molecule has 1 N–H and O–H groups in total. The molecule has 2 aromatic rings. The summed E-state index contributed by atoms with van der Waals surface area (Å²) in [4.78, 5) is 19.9. The first kappa shape index (κ1) is 17.9. The Kier molecular flexibility index (Phi) is 5.13. The van der Waals surface area contributed by atoms with Gasteiger partial charge in [0.2, 0.25) is 0 Å². The van der Waals surface area contributed by atoms with Crippen molar-refractivity contribution in [2.75, 3.05) is 19.6 Å². The summed E-state index contributed by atoms with van der Waals surface area (Å²) in [6, 6.07) is 5.91. The van der Waals surface area contributed by atoms with E-state index in [2.05, 4.69) is 42.9 Å². The second kappa shape index (κ2) is 7.16. The number of carbonyl (C=O) groups is 1. The van der Waals surface area contributed by atoms with Gasteiger partial charge < -0.3 is 9.72 Å². The number of hydrogen-bond acceptors (Lipinski definition) is 3. The van der Waals surface area contributed by atoms with Crippen molar-refractivity contribution in [3.8, 4) is 0 Å². The first-order chi connectivity index (χ1) is 11.9. The fourth-order valence-electron chi connectivity index (χ4n) is 3.59. The van der Waals surface area contributed by atoms with Crippen molar-refractivity contribution in [1.82, 2.24) is 19.6 Å². The number of fused-ring (bicyclic) bond motifs is 1. The van der Waals surface area contributed by atoms with Crippen LogP contribution in [0.5, 0.6) is 0 Å². The third kappa shape index (κ3) is 3.87. The van der Waals surface area contributed by atoms with Gasteiger partial charge in [-0.3, -0.25) is 9.69 Å². The Labute approximate surface area is 150 Å². The molecular formula is C20H30N4O. The van der Waals surface area contributed by atoms with Gasteiger partial charge in [-0.25, -0.2) is 4.98 Å². The lowest BCUT2D eigenvalue weighted by atomic mass is 10.0. The molecule has 2 aromatic heterocycles. The summed E-state index contributed by atoms with van der Waals surface area (Å²) >= 11 is 0. The van der Waals surface area contributed by atoms with E-state index in [4.69, 9.17) is 0 Å². The third-order valence-corrected chi connectivity index (χ3v) is 5.07. The molecule has 0 saturated carbocycles. The molecule has 1 amide bonds. The minimum atomic E-state index is -0.0778. The molecule has 136 valence electrons. The molecule has 3 heterocycles. The van der Waals surface area contributed by atoms with Gasteiger partial charge in [0.1, 0.15) is 5.82 Å². The van der Waals surface area contributed by atoms with Gasteiger partial charge >= 0.3 is 0 Å². The fraction of sp³-hybridized carbons (Fsp3) is 0.600. The minimum absolute atomic E-state index is 0.0253. The van der Waals surface area contributed by atoms with Crippen LogP contribution >= 0.6 is 0 Å². The Balaban J connectivity index is 1.78. The zero-order chi connectivity index (χ0) is 18.0. The van der Waals surface area contributed by atoms with E-state index < -0.39 is 0 Å². The Bertz CT molecular complexity index is 741. The van der Waals surface area contributed by atoms with Crippen LogP contribution in [0.2, 0.25) is 0 Å². The summed E-state index contributed by atoms with van der Waals surface area (Å²) in [5, 5.41) is 3.12. The molecule has 0 spiro atoms. The number of carbonyl (C=O) groups excluding carboxylic acids is 1. The minimum Gasteiger partial charge on any atom is -0.349 e. The maximum atomic E-state index is 12.8. The van der Waals surface area contributed by atoms with Crippen LogP contribution in [0.1, 0.15) is 56.8 Å². The molecule has 5 heteroatoms. The molecular weight excluding hydrogens is 312 g/mol. The Hall–Kier alpha value is -1.88. The predicted octanol–water partition coefficient (Wildman–Crippen LogP) is 3.14. The molecule has 25 heavy (non-hydrogen) atoms. The zero-order valence-electron chi connectivity index (χ0n) is 15.9. The van der Waals surface area contributed by atoms with E-state index in [1.54, 1.807) is 0 Å². The number of imidazole rings is 1. The van der Waals surface area contributed by atoms with E-state index in [1.807, 2.05) is 28.8 Å². The molecule has 0 aromatic carbocycles. The quantitative estimate of drug-likeness (QED) is 0.877. The highest BCUT2D eigenvalue weighted by Gasteiger charge is 2.30. The van der Waals surface area contributed by atoms with E-state index in [-0.39, 0.29) is 11.4 Å². The highest BCUT2D eigenvalue weighted by molar-refractivity contribution is 5.99. The van der Waals surface area contributed by atoms with Crippen LogP contribution in [0.15, 0.2) is 24.4 Å². The molecule has 3 rings (SSSR count). The van der Waals surface area contributed by atoms with Gasteiger partial charge in [-0.2, -0.15) is 0 Å². The van der Waals surface area contributed by atoms with Crippen molar-refractivity contribution in [3.63, 3.8) is 0 Å². The molecule has 0 radical (unpaired) electrons. The third-order valence-electron chi connectivity index (χ3n) is 5.07. The molecule has 0 unspecified atom stereocenters. The number of rotatable bonds is 6. The molecule has 1 fully saturated rings. The lowest BCUT2D eigenvalue weighted by Gasteiger charge is -2.35. The smallest absolute Gasteiger partial charge is 0.272 e. The lowest BCUT2D eigenvalue weighted by molar-refractivity contribution is 0.0899. The van der Waals surface area contributed by atoms with Gasteiger partial charge in [-0.15, -0.1) is 0 Å². The summed E-state index contributed by atoms with van der Waals surface area (Å²) in [5.41, 5.74) is 1.39.